The molecule has 0 bridgehead atoms. The molecular formula is C18H14FN7O. The maximum absolute atomic E-state index is 13.1. The Kier molecular flexibility index (Phi) is 4.17. The number of benzene rings is 1. The van der Waals surface area contributed by atoms with Crippen molar-refractivity contribution in [2.24, 2.45) is 0 Å². The van der Waals surface area contributed by atoms with Gasteiger partial charge in [-0.25, -0.2) is 23.7 Å². The number of nitrogens with zero attached hydrogens (tertiary/aromatic N) is 6. The third-order valence-corrected chi connectivity index (χ3v) is 3.79. The van der Waals surface area contributed by atoms with Crippen LogP contribution in [-0.2, 0) is 0 Å². The summed E-state index contributed by atoms with van der Waals surface area (Å²) in [5.41, 5.74) is 1.12. The van der Waals surface area contributed by atoms with Crippen LogP contribution in [0.1, 0.15) is 16.4 Å². The van der Waals surface area contributed by atoms with Crippen LogP contribution in [0.4, 0.5) is 10.1 Å². The number of carbonyl (C=O) groups is 1. The van der Waals surface area contributed by atoms with Crippen LogP contribution in [0.3, 0.4) is 0 Å². The smallest absolute Gasteiger partial charge is 0.295 e. The molecule has 3 heterocycles. The van der Waals surface area contributed by atoms with Crippen molar-refractivity contribution >= 4 is 11.6 Å². The molecule has 3 aromatic heterocycles. The average molecular weight is 363 g/mol. The second kappa shape index (κ2) is 6.79. The molecule has 1 amide bonds. The number of aromatic nitrogens is 6. The fourth-order valence-corrected chi connectivity index (χ4v) is 2.50. The quantitative estimate of drug-likeness (QED) is 0.602. The van der Waals surface area contributed by atoms with Gasteiger partial charge in [0.05, 0.1) is 17.6 Å². The highest BCUT2D eigenvalue weighted by Crippen LogP contribution is 2.13. The van der Waals surface area contributed by atoms with Crippen LogP contribution in [0.2, 0.25) is 0 Å². The molecule has 0 radical (unpaired) electrons. The Morgan fingerprint density at radius 2 is 1.96 bits per heavy atom. The Labute approximate surface area is 153 Å². The van der Waals surface area contributed by atoms with Crippen molar-refractivity contribution in [3.8, 4) is 11.5 Å². The van der Waals surface area contributed by atoms with Gasteiger partial charge in [0.1, 0.15) is 11.6 Å². The molecule has 0 fully saturated rings. The molecule has 27 heavy (non-hydrogen) atoms. The SMILES string of the molecule is Cc1nc(C(=O)Nc2ccc(-n3cccn3)nc2)nn1-c1ccc(F)cc1. The van der Waals surface area contributed by atoms with Crippen molar-refractivity contribution in [3.63, 3.8) is 0 Å². The molecule has 0 aliphatic carbocycles. The van der Waals surface area contributed by atoms with Crippen LogP contribution >= 0.6 is 0 Å². The normalized spacial score (nSPS) is 10.7. The third kappa shape index (κ3) is 3.43. The minimum Gasteiger partial charge on any atom is -0.318 e. The summed E-state index contributed by atoms with van der Waals surface area (Å²) in [7, 11) is 0. The first-order valence-corrected chi connectivity index (χ1v) is 8.07. The number of hydrogen-bond acceptors (Lipinski definition) is 5. The topological polar surface area (TPSA) is 90.5 Å². The van der Waals surface area contributed by atoms with Crippen LogP contribution in [0.5, 0.6) is 0 Å². The number of halogens is 1. The van der Waals surface area contributed by atoms with Crippen molar-refractivity contribution in [3.05, 3.63) is 78.5 Å². The van der Waals surface area contributed by atoms with E-state index in [0.717, 1.165) is 0 Å². The van der Waals surface area contributed by atoms with Crippen LogP contribution in [0.15, 0.2) is 61.1 Å². The van der Waals surface area contributed by atoms with E-state index in [1.54, 1.807) is 54.3 Å². The molecule has 0 spiro atoms. The van der Waals surface area contributed by atoms with Gasteiger partial charge < -0.3 is 5.32 Å². The van der Waals surface area contributed by atoms with Crippen molar-refractivity contribution in [1.82, 2.24) is 29.5 Å². The Morgan fingerprint density at radius 1 is 1.15 bits per heavy atom. The first-order chi connectivity index (χ1) is 13.1. The summed E-state index contributed by atoms with van der Waals surface area (Å²) in [4.78, 5) is 20.8. The molecule has 1 N–H and O–H groups in total. The molecular weight excluding hydrogens is 349 g/mol. The van der Waals surface area contributed by atoms with E-state index in [1.807, 2.05) is 0 Å². The number of anilines is 1. The summed E-state index contributed by atoms with van der Waals surface area (Å²) in [6.45, 7) is 1.72. The van der Waals surface area contributed by atoms with Gasteiger partial charge in [-0.15, -0.1) is 5.10 Å². The van der Waals surface area contributed by atoms with Crippen molar-refractivity contribution in [2.75, 3.05) is 5.32 Å². The highest BCUT2D eigenvalue weighted by molar-refractivity contribution is 6.01. The number of rotatable bonds is 4. The molecule has 134 valence electrons. The number of amides is 1. The predicted octanol–water partition coefficient (Wildman–Crippen LogP) is 2.55. The zero-order valence-corrected chi connectivity index (χ0v) is 14.2. The maximum atomic E-state index is 13.1. The van der Waals surface area contributed by atoms with Crippen molar-refractivity contribution < 1.29 is 9.18 Å². The van der Waals surface area contributed by atoms with E-state index >= 15 is 0 Å². The minimum absolute atomic E-state index is 0.00739. The summed E-state index contributed by atoms with van der Waals surface area (Å²) >= 11 is 0. The third-order valence-electron chi connectivity index (χ3n) is 3.79. The Balaban J connectivity index is 1.52. The molecule has 0 aliphatic rings. The zero-order valence-electron chi connectivity index (χ0n) is 14.2. The number of pyridine rings is 1. The van der Waals surface area contributed by atoms with Gasteiger partial charge in [0, 0.05) is 12.4 Å². The summed E-state index contributed by atoms with van der Waals surface area (Å²) < 4.78 is 16.2. The summed E-state index contributed by atoms with van der Waals surface area (Å²) in [6, 6.07) is 11.0. The molecule has 0 aliphatic heterocycles. The minimum atomic E-state index is -0.465. The maximum Gasteiger partial charge on any atom is 0.295 e. The van der Waals surface area contributed by atoms with E-state index in [0.29, 0.717) is 23.0 Å². The van der Waals surface area contributed by atoms with Gasteiger partial charge in [0.25, 0.3) is 5.91 Å². The summed E-state index contributed by atoms with van der Waals surface area (Å²) in [5.74, 6) is 0.340. The van der Waals surface area contributed by atoms with Gasteiger partial charge in [0.15, 0.2) is 5.82 Å². The van der Waals surface area contributed by atoms with E-state index in [2.05, 4.69) is 25.5 Å². The van der Waals surface area contributed by atoms with Crippen LogP contribution in [0.25, 0.3) is 11.5 Å². The molecule has 9 heteroatoms. The monoisotopic (exact) mass is 363 g/mol. The van der Waals surface area contributed by atoms with Crippen LogP contribution in [0, 0.1) is 12.7 Å². The molecule has 0 saturated carbocycles. The van der Waals surface area contributed by atoms with E-state index in [9.17, 15) is 9.18 Å². The lowest BCUT2D eigenvalue weighted by Gasteiger charge is -2.04. The fraction of sp³-hybridized carbons (Fsp3) is 0.0556. The van der Waals surface area contributed by atoms with Gasteiger partial charge in [-0.05, 0) is 49.4 Å². The van der Waals surface area contributed by atoms with Crippen LogP contribution in [-0.4, -0.2) is 35.4 Å². The van der Waals surface area contributed by atoms with Gasteiger partial charge in [-0.1, -0.05) is 0 Å². The molecule has 8 nitrogen and oxygen atoms in total. The second-order valence-corrected chi connectivity index (χ2v) is 5.68. The first kappa shape index (κ1) is 16.6. The fourth-order valence-electron chi connectivity index (χ4n) is 2.50. The highest BCUT2D eigenvalue weighted by Gasteiger charge is 2.16. The predicted molar refractivity (Wildman–Crippen MR) is 95.4 cm³/mol. The zero-order chi connectivity index (χ0) is 18.8. The number of carbonyl (C=O) groups excluding carboxylic acids is 1. The van der Waals surface area contributed by atoms with E-state index in [-0.39, 0.29) is 11.6 Å². The van der Waals surface area contributed by atoms with Gasteiger partial charge in [0.2, 0.25) is 5.82 Å². The lowest BCUT2D eigenvalue weighted by atomic mass is 10.3. The van der Waals surface area contributed by atoms with E-state index < -0.39 is 5.91 Å². The number of nitrogens with one attached hydrogen (secondary N) is 1. The highest BCUT2D eigenvalue weighted by atomic mass is 19.1. The number of aryl methyl sites for hydroxylation is 1. The van der Waals surface area contributed by atoms with E-state index in [1.165, 1.54) is 23.0 Å². The van der Waals surface area contributed by atoms with Gasteiger partial charge >= 0.3 is 0 Å². The van der Waals surface area contributed by atoms with Crippen molar-refractivity contribution in [1.29, 1.82) is 0 Å². The Hall–Kier alpha value is -3.88. The average Bonchev–Trinajstić information content (AvgIpc) is 3.33. The van der Waals surface area contributed by atoms with E-state index in [4.69, 9.17) is 0 Å². The first-order valence-electron chi connectivity index (χ1n) is 8.07. The largest absolute Gasteiger partial charge is 0.318 e. The van der Waals surface area contributed by atoms with Gasteiger partial charge in [-0.2, -0.15) is 5.10 Å². The molecule has 0 unspecified atom stereocenters. The van der Waals surface area contributed by atoms with Gasteiger partial charge in [-0.3, -0.25) is 4.79 Å². The summed E-state index contributed by atoms with van der Waals surface area (Å²) in [5, 5.41) is 11.0. The standard InChI is InChI=1S/C18H14FN7O/c1-12-22-17(24-26(12)15-6-3-13(19)4-7-15)18(27)23-14-5-8-16(20-11-14)25-10-2-9-21-25/h2-11H,1H3,(H,23,27). The van der Waals surface area contributed by atoms with Crippen molar-refractivity contribution in [2.45, 2.75) is 6.92 Å². The second-order valence-electron chi connectivity index (χ2n) is 5.68. The molecule has 0 atom stereocenters. The number of hydrogen-bond donors (Lipinski definition) is 1. The lowest BCUT2D eigenvalue weighted by molar-refractivity contribution is 0.101. The van der Waals surface area contributed by atoms with Crippen LogP contribution < -0.4 is 5.32 Å². The molecule has 1 aromatic carbocycles. The molecule has 0 saturated heterocycles. The Morgan fingerprint density at radius 3 is 2.63 bits per heavy atom. The molecule has 4 aromatic rings. The summed E-state index contributed by atoms with van der Waals surface area (Å²) in [6.07, 6.45) is 4.96. The molecule has 4 rings (SSSR count). The lowest BCUT2D eigenvalue weighted by Crippen LogP contribution is -2.14. The Bertz CT molecular complexity index is 1070.